The highest BCUT2D eigenvalue weighted by Crippen LogP contribution is 2.43. The Morgan fingerprint density at radius 1 is 0.293 bits per heavy atom. The van der Waals surface area contributed by atoms with E-state index in [-0.39, 0.29) is 0 Å². The molecule has 0 fully saturated rings. The molecule has 0 aliphatic carbocycles. The van der Waals surface area contributed by atoms with Crippen molar-refractivity contribution in [1.29, 1.82) is 0 Å². The van der Waals surface area contributed by atoms with Gasteiger partial charge in [0.25, 0.3) is 0 Å². The molecule has 0 heterocycles. The summed E-state index contributed by atoms with van der Waals surface area (Å²) in [5.74, 6) is 0. The number of hydrogen-bond donors (Lipinski definition) is 0. The molecule has 0 aromatic rings. The van der Waals surface area contributed by atoms with E-state index in [0.717, 1.165) is 0 Å². The van der Waals surface area contributed by atoms with Crippen LogP contribution < -0.4 is 0 Å². The van der Waals surface area contributed by atoms with Crippen LogP contribution in [0, 0.1) is 21.7 Å². The first-order valence-electron chi connectivity index (χ1n) is 16.7. The lowest BCUT2D eigenvalue weighted by atomic mass is 9.87. The first-order valence-corrected chi connectivity index (χ1v) is 19.5. The maximum absolute atomic E-state index is 2.48. The second-order valence-electron chi connectivity index (χ2n) is 19.4. The molecule has 1 heteroatoms. The van der Waals surface area contributed by atoms with E-state index in [1.165, 1.54) is 49.9 Å². The lowest BCUT2D eigenvalue weighted by Crippen LogP contribution is -2.36. The summed E-state index contributed by atoms with van der Waals surface area (Å²) in [5, 5.41) is 0. The lowest BCUT2D eigenvalue weighted by Gasteiger charge is -2.37. The van der Waals surface area contributed by atoms with Gasteiger partial charge in [-0.25, -0.2) is 0 Å². The van der Waals surface area contributed by atoms with Crippen molar-refractivity contribution in [3.8, 4) is 0 Å². The van der Waals surface area contributed by atoms with Crippen LogP contribution in [0.1, 0.15) is 164 Å². The molecule has 0 N–H and O–H groups in total. The van der Waals surface area contributed by atoms with E-state index in [1.54, 1.807) is 44.6 Å². The van der Waals surface area contributed by atoms with Gasteiger partial charge in [0.15, 0.2) is 0 Å². The van der Waals surface area contributed by atoms with Crippen LogP contribution in [0.2, 0.25) is 24.2 Å². The minimum atomic E-state index is -1.83. The largest absolute Gasteiger partial charge is 0.0770 e. The van der Waals surface area contributed by atoms with Crippen LogP contribution in [0.3, 0.4) is 0 Å². The molecule has 0 saturated carbocycles. The van der Waals surface area contributed by atoms with Crippen molar-refractivity contribution in [2.75, 3.05) is 0 Å². The highest BCUT2D eigenvalue weighted by molar-refractivity contribution is 6.82. The third-order valence-corrected chi connectivity index (χ3v) is 13.8. The zero-order chi connectivity index (χ0) is 32.8. The summed E-state index contributed by atoms with van der Waals surface area (Å²) in [6.07, 6.45) is 4.77. The summed E-state index contributed by atoms with van der Waals surface area (Å²) in [4.78, 5) is 0. The van der Waals surface area contributed by atoms with E-state index in [9.17, 15) is 0 Å². The molecular weight excluding hydrogens is 509 g/mol. The molecule has 0 radical (unpaired) electrons. The maximum atomic E-state index is 2.48. The topological polar surface area (TPSA) is 0 Å². The van der Waals surface area contributed by atoms with E-state index in [0.29, 0.717) is 21.7 Å². The quantitative estimate of drug-likeness (QED) is 0.158. The molecule has 0 bridgehead atoms. The Labute approximate surface area is 262 Å². The molecule has 0 aromatic heterocycles. The fourth-order valence-electron chi connectivity index (χ4n) is 7.01. The van der Waals surface area contributed by atoms with Gasteiger partial charge in [0.1, 0.15) is 0 Å². The Kier molecular flexibility index (Phi) is 15.0. The zero-order valence-electron chi connectivity index (χ0n) is 32.2. The summed E-state index contributed by atoms with van der Waals surface area (Å²) < 4.78 is 0. The van der Waals surface area contributed by atoms with Gasteiger partial charge in [0.05, 0.1) is 8.07 Å². The average Bonchev–Trinajstić information content (AvgIpc) is 2.68. The van der Waals surface area contributed by atoms with Gasteiger partial charge in [-0.1, -0.05) is 128 Å². The van der Waals surface area contributed by atoms with Crippen molar-refractivity contribution in [1.82, 2.24) is 0 Å². The highest BCUT2D eigenvalue weighted by atomic mass is 28.3. The minimum Gasteiger partial charge on any atom is -0.0770 e. The van der Waals surface area contributed by atoms with E-state index >= 15 is 0 Å². The Balaban J connectivity index is 7.27. The van der Waals surface area contributed by atoms with E-state index < -0.39 is 8.07 Å². The normalized spacial score (nSPS) is 16.7. The van der Waals surface area contributed by atoms with Crippen molar-refractivity contribution in [3.63, 3.8) is 0 Å². The number of hydrogen-bond acceptors (Lipinski definition) is 0. The molecule has 0 aliphatic rings. The first-order chi connectivity index (χ1) is 18.0. The van der Waals surface area contributed by atoms with Gasteiger partial charge in [0, 0.05) is 0 Å². The predicted molar refractivity (Wildman–Crippen MR) is 195 cm³/mol. The molecule has 0 amide bonds. The van der Waals surface area contributed by atoms with Crippen LogP contribution in [-0.2, 0) is 0 Å². The Morgan fingerprint density at radius 2 is 0.439 bits per heavy atom. The molecule has 0 aliphatic heterocycles. The van der Waals surface area contributed by atoms with Crippen molar-refractivity contribution in [3.05, 3.63) is 44.6 Å². The van der Waals surface area contributed by atoms with Crippen LogP contribution >= 0.6 is 0 Å². The third-order valence-electron chi connectivity index (χ3n) is 8.66. The summed E-state index contributed by atoms with van der Waals surface area (Å²) in [5.41, 5.74) is 14.5. The smallest absolute Gasteiger partial charge is 0.0696 e. The third kappa shape index (κ3) is 17.8. The van der Waals surface area contributed by atoms with E-state index in [1.807, 2.05) is 0 Å². The van der Waals surface area contributed by atoms with E-state index in [2.05, 4.69) is 138 Å². The second-order valence-corrected chi connectivity index (χ2v) is 23.8. The Bertz CT molecular complexity index is 812. The van der Waals surface area contributed by atoms with Gasteiger partial charge >= 0.3 is 0 Å². The lowest BCUT2D eigenvalue weighted by molar-refractivity contribution is 0.408. The molecule has 0 rings (SSSR count). The molecule has 0 spiro atoms. The van der Waals surface area contributed by atoms with E-state index in [4.69, 9.17) is 0 Å². The zero-order valence-corrected chi connectivity index (χ0v) is 33.2. The van der Waals surface area contributed by atoms with Crippen molar-refractivity contribution in [2.24, 2.45) is 21.7 Å². The van der Waals surface area contributed by atoms with Gasteiger partial charge in [-0.2, -0.15) is 0 Å². The fraction of sp³-hybridized carbons (Fsp3) is 0.800. The molecule has 0 unspecified atom stereocenters. The fourth-order valence-corrected chi connectivity index (χ4v) is 13.5. The van der Waals surface area contributed by atoms with Gasteiger partial charge in [0.2, 0.25) is 0 Å². The molecule has 0 aromatic carbocycles. The average molecular weight is 585 g/mol. The van der Waals surface area contributed by atoms with Crippen molar-refractivity contribution >= 4 is 8.07 Å². The van der Waals surface area contributed by atoms with Crippen LogP contribution in [0.5, 0.6) is 0 Å². The minimum absolute atomic E-state index is 0.326. The summed E-state index contributed by atoms with van der Waals surface area (Å²) >= 11 is 0. The summed E-state index contributed by atoms with van der Waals surface area (Å²) in [6, 6.07) is 5.26. The molecule has 240 valence electrons. The van der Waals surface area contributed by atoms with Crippen molar-refractivity contribution in [2.45, 2.75) is 188 Å². The first kappa shape index (κ1) is 40.2. The van der Waals surface area contributed by atoms with Gasteiger partial charge in [-0.05, 0) is 127 Å². The highest BCUT2D eigenvalue weighted by Gasteiger charge is 2.36. The van der Waals surface area contributed by atoms with Crippen LogP contribution in [0.4, 0.5) is 0 Å². The molecule has 0 atom stereocenters. The van der Waals surface area contributed by atoms with Crippen LogP contribution in [-0.4, -0.2) is 8.07 Å². The maximum Gasteiger partial charge on any atom is 0.0696 e. The van der Waals surface area contributed by atoms with Crippen molar-refractivity contribution < 1.29 is 0 Å². The van der Waals surface area contributed by atoms with Crippen LogP contribution in [0.25, 0.3) is 0 Å². The molecular formula is C40H76Si. The van der Waals surface area contributed by atoms with Gasteiger partial charge in [-0.3, -0.25) is 0 Å². The number of allylic oxidation sites excluding steroid dienone is 8. The monoisotopic (exact) mass is 585 g/mol. The second kappa shape index (κ2) is 15.3. The van der Waals surface area contributed by atoms with Gasteiger partial charge < -0.3 is 0 Å². The predicted octanol–water partition coefficient (Wildman–Crippen LogP) is 14.5. The Morgan fingerprint density at radius 3 is 0.561 bits per heavy atom. The SMILES string of the molecule is C/C(CC(C)(C)C)=C(/C)C[Si](C/C(C)=C(\C)CC(C)(C)C)(C/C(C)=C(\C)CC(C)(C)C)C/C(C)=C(\C)CC(C)(C)C. The Hall–Kier alpha value is -0.823. The standard InChI is InChI=1S/C40H76Si/c1-29(21-37(9,10)11)33(5)25-41(26-34(6)30(2)22-38(12,13)14,27-35(7)31(3)23-39(15,16)17)28-36(8)32(4)24-40(18,19)20/h21-28H2,1-20H3/b33-29+,34-30+,35-31+,36-32+. The molecule has 0 nitrogen and oxygen atoms in total. The number of rotatable bonds is 12. The van der Waals surface area contributed by atoms with Crippen LogP contribution in [0.15, 0.2) is 44.6 Å². The molecule has 41 heavy (non-hydrogen) atoms. The summed E-state index contributed by atoms with van der Waals surface area (Å²) in [7, 11) is -1.83. The molecule has 0 saturated heterocycles. The summed E-state index contributed by atoms with van der Waals surface area (Å²) in [6.45, 7) is 48.3. The van der Waals surface area contributed by atoms with Gasteiger partial charge in [-0.15, -0.1) is 0 Å².